The zero-order valence-corrected chi connectivity index (χ0v) is 14.0. The molecular weight excluding hydrogens is 325 g/mol. The number of morpholine rings is 1. The third kappa shape index (κ3) is 3.30. The summed E-state index contributed by atoms with van der Waals surface area (Å²) in [6, 6.07) is 4.95. The Bertz CT molecular complexity index is 666. The third-order valence-corrected chi connectivity index (χ3v) is 5.16. The number of halogens is 2. The first-order valence-electron chi connectivity index (χ1n) is 7.15. The summed E-state index contributed by atoms with van der Waals surface area (Å²) in [5.41, 5.74) is 0.900. The molecule has 0 amide bonds. The van der Waals surface area contributed by atoms with Crippen LogP contribution in [-0.2, 0) is 4.74 Å². The number of aromatic nitrogens is 2. The van der Waals surface area contributed by atoms with Crippen LogP contribution in [0, 0.1) is 12.7 Å². The van der Waals surface area contributed by atoms with Crippen molar-refractivity contribution in [2.75, 3.05) is 19.7 Å². The number of ether oxygens (including phenoxy) is 1. The summed E-state index contributed by atoms with van der Waals surface area (Å²) < 4.78 is 19.1. The molecule has 0 unspecified atom stereocenters. The minimum absolute atomic E-state index is 0.108. The van der Waals surface area contributed by atoms with E-state index < -0.39 is 5.82 Å². The second-order valence-electron chi connectivity index (χ2n) is 5.36. The van der Waals surface area contributed by atoms with E-state index in [1.54, 1.807) is 23.5 Å². The van der Waals surface area contributed by atoms with E-state index in [9.17, 15) is 4.39 Å². The fraction of sp³-hybridized carbons (Fsp3) is 0.467. The first-order valence-corrected chi connectivity index (χ1v) is 8.34. The van der Waals surface area contributed by atoms with Crippen LogP contribution in [0.4, 0.5) is 4.39 Å². The van der Waals surface area contributed by atoms with Crippen LogP contribution in [-0.4, -0.2) is 34.8 Å². The number of hydrogen-bond acceptors (Lipinski definition) is 5. The van der Waals surface area contributed by atoms with Crippen molar-refractivity contribution in [1.29, 1.82) is 0 Å². The number of hydrogen-bond donors (Lipinski definition) is 0. The van der Waals surface area contributed by atoms with Gasteiger partial charge in [0.2, 0.25) is 0 Å². The van der Waals surface area contributed by atoms with Gasteiger partial charge in [0.1, 0.15) is 15.8 Å². The maximum atomic E-state index is 13.3. The van der Waals surface area contributed by atoms with E-state index >= 15 is 0 Å². The van der Waals surface area contributed by atoms with Crippen molar-refractivity contribution in [3.8, 4) is 0 Å². The molecule has 2 atom stereocenters. The van der Waals surface area contributed by atoms with E-state index in [1.807, 2.05) is 6.92 Å². The molecule has 1 aromatic heterocycles. The van der Waals surface area contributed by atoms with Crippen LogP contribution in [0.15, 0.2) is 18.2 Å². The normalized spacial score (nSPS) is 21.0. The van der Waals surface area contributed by atoms with Gasteiger partial charge in [-0.3, -0.25) is 4.90 Å². The lowest BCUT2D eigenvalue weighted by Crippen LogP contribution is -2.39. The first kappa shape index (κ1) is 15.8. The summed E-state index contributed by atoms with van der Waals surface area (Å²) in [4.78, 5) is 2.31. The molecule has 2 heterocycles. The average Bonchev–Trinajstić information content (AvgIpc) is 2.96. The zero-order valence-electron chi connectivity index (χ0n) is 12.4. The molecule has 0 aliphatic carbocycles. The smallest absolute Gasteiger partial charge is 0.141 e. The highest BCUT2D eigenvalue weighted by Gasteiger charge is 2.28. The van der Waals surface area contributed by atoms with Crippen molar-refractivity contribution >= 4 is 22.9 Å². The van der Waals surface area contributed by atoms with Gasteiger partial charge in [-0.15, -0.1) is 21.5 Å². The number of rotatable bonds is 3. The van der Waals surface area contributed by atoms with E-state index in [1.165, 1.54) is 6.07 Å². The van der Waals surface area contributed by atoms with Crippen molar-refractivity contribution in [3.05, 3.63) is 44.6 Å². The minimum Gasteiger partial charge on any atom is -0.371 e. The van der Waals surface area contributed by atoms with E-state index in [0.29, 0.717) is 6.61 Å². The van der Waals surface area contributed by atoms with E-state index in [0.717, 1.165) is 28.7 Å². The van der Waals surface area contributed by atoms with Gasteiger partial charge in [-0.1, -0.05) is 17.7 Å². The highest BCUT2D eigenvalue weighted by molar-refractivity contribution is 7.11. The second-order valence-corrected chi connectivity index (χ2v) is 6.98. The standard InChI is InChI=1S/C15H17ClFN3OS/c1-9(15-19-18-10(2)22-15)20-5-6-21-14(8-20)11-3-4-13(17)12(16)7-11/h3-4,7,9,14H,5-6,8H2,1-2H3/t9-,14+/m0/s1. The topological polar surface area (TPSA) is 38.2 Å². The van der Waals surface area contributed by atoms with Crippen LogP contribution in [0.25, 0.3) is 0 Å². The molecule has 3 rings (SSSR count). The maximum Gasteiger partial charge on any atom is 0.141 e. The van der Waals surface area contributed by atoms with Crippen LogP contribution in [0.5, 0.6) is 0 Å². The summed E-state index contributed by atoms with van der Waals surface area (Å²) in [5.74, 6) is -0.407. The predicted molar refractivity (Wildman–Crippen MR) is 84.7 cm³/mol. The van der Waals surface area contributed by atoms with E-state index in [-0.39, 0.29) is 17.2 Å². The molecule has 118 valence electrons. The third-order valence-electron chi connectivity index (χ3n) is 3.86. The highest BCUT2D eigenvalue weighted by Crippen LogP contribution is 2.31. The van der Waals surface area contributed by atoms with Gasteiger partial charge in [-0.25, -0.2) is 4.39 Å². The lowest BCUT2D eigenvalue weighted by molar-refractivity contribution is -0.0432. The molecule has 0 bridgehead atoms. The minimum atomic E-state index is -0.407. The van der Waals surface area contributed by atoms with Crippen molar-refractivity contribution in [2.45, 2.75) is 26.0 Å². The average molecular weight is 342 g/mol. The van der Waals surface area contributed by atoms with Gasteiger partial charge >= 0.3 is 0 Å². The predicted octanol–water partition coefficient (Wildman–Crippen LogP) is 3.77. The van der Waals surface area contributed by atoms with E-state index in [4.69, 9.17) is 16.3 Å². The first-order chi connectivity index (χ1) is 10.5. The lowest BCUT2D eigenvalue weighted by atomic mass is 10.1. The highest BCUT2D eigenvalue weighted by atomic mass is 35.5. The van der Waals surface area contributed by atoms with Crippen molar-refractivity contribution < 1.29 is 9.13 Å². The van der Waals surface area contributed by atoms with Crippen molar-refractivity contribution in [3.63, 3.8) is 0 Å². The Morgan fingerprint density at radius 3 is 2.95 bits per heavy atom. The van der Waals surface area contributed by atoms with E-state index in [2.05, 4.69) is 22.0 Å². The summed E-state index contributed by atoms with van der Waals surface area (Å²) >= 11 is 7.49. The lowest BCUT2D eigenvalue weighted by Gasteiger charge is -2.36. The molecule has 1 aliphatic rings. The molecule has 4 nitrogen and oxygen atoms in total. The second kappa shape index (κ2) is 6.58. The van der Waals surface area contributed by atoms with Crippen molar-refractivity contribution in [2.24, 2.45) is 0 Å². The fourth-order valence-electron chi connectivity index (χ4n) is 2.57. The summed E-state index contributed by atoms with van der Waals surface area (Å²) in [6.45, 7) is 6.27. The molecule has 0 N–H and O–H groups in total. The molecule has 1 saturated heterocycles. The summed E-state index contributed by atoms with van der Waals surface area (Å²) in [7, 11) is 0. The number of benzene rings is 1. The van der Waals surface area contributed by atoms with Crippen molar-refractivity contribution in [1.82, 2.24) is 15.1 Å². The monoisotopic (exact) mass is 341 g/mol. The van der Waals surface area contributed by atoms with Crippen LogP contribution in [0.1, 0.15) is 34.6 Å². The summed E-state index contributed by atoms with van der Waals surface area (Å²) in [5, 5.41) is 10.4. The van der Waals surface area contributed by atoms with Gasteiger partial charge < -0.3 is 4.74 Å². The molecule has 22 heavy (non-hydrogen) atoms. The van der Waals surface area contributed by atoms with Crippen LogP contribution in [0.3, 0.4) is 0 Å². The SMILES string of the molecule is Cc1nnc([C@H](C)N2CCO[C@@H](c3ccc(F)c(Cl)c3)C2)s1. The number of aryl methyl sites for hydroxylation is 1. The van der Waals surface area contributed by atoms with Gasteiger partial charge in [0.05, 0.1) is 23.8 Å². The summed E-state index contributed by atoms with van der Waals surface area (Å²) in [6.07, 6.45) is -0.108. The Kier molecular flexibility index (Phi) is 4.73. The maximum absolute atomic E-state index is 13.3. The van der Waals surface area contributed by atoms with Gasteiger partial charge in [0, 0.05) is 13.1 Å². The molecule has 1 aliphatic heterocycles. The Hall–Kier alpha value is -1.08. The molecule has 0 saturated carbocycles. The largest absolute Gasteiger partial charge is 0.371 e. The molecule has 0 radical (unpaired) electrons. The molecule has 0 spiro atoms. The van der Waals surface area contributed by atoms with Gasteiger partial charge in [-0.05, 0) is 31.5 Å². The van der Waals surface area contributed by atoms with Gasteiger partial charge in [0.25, 0.3) is 0 Å². The Balaban J connectivity index is 1.74. The van der Waals surface area contributed by atoms with Crippen LogP contribution < -0.4 is 0 Å². The van der Waals surface area contributed by atoms with Crippen LogP contribution >= 0.6 is 22.9 Å². The molecule has 7 heteroatoms. The fourth-order valence-corrected chi connectivity index (χ4v) is 3.55. The molecule has 1 fully saturated rings. The Labute approximate surface area is 137 Å². The quantitative estimate of drug-likeness (QED) is 0.851. The molecular formula is C15H17ClFN3OS. The molecule has 2 aromatic rings. The molecule has 1 aromatic carbocycles. The Morgan fingerprint density at radius 2 is 2.27 bits per heavy atom. The number of nitrogens with zero attached hydrogens (tertiary/aromatic N) is 3. The Morgan fingerprint density at radius 1 is 1.45 bits per heavy atom. The van der Waals surface area contributed by atoms with Gasteiger partial charge in [-0.2, -0.15) is 0 Å². The van der Waals surface area contributed by atoms with Gasteiger partial charge in [0.15, 0.2) is 0 Å². The zero-order chi connectivity index (χ0) is 15.7. The van der Waals surface area contributed by atoms with Crippen LogP contribution in [0.2, 0.25) is 5.02 Å².